The molecule has 0 atom stereocenters. The molecule has 2 rings (SSSR count). The minimum atomic E-state index is -2.83. The third kappa shape index (κ3) is 6.38. The Kier molecular flexibility index (Phi) is 6.75. The first-order valence-electron chi connectivity index (χ1n) is 7.28. The van der Waals surface area contributed by atoms with Gasteiger partial charge in [0.15, 0.2) is 0 Å². The molecule has 126 valence electrons. The van der Waals surface area contributed by atoms with E-state index in [1.807, 2.05) is 6.07 Å². The summed E-state index contributed by atoms with van der Waals surface area (Å²) in [6.45, 7) is -2.39. The first-order valence-corrected chi connectivity index (χ1v) is 7.66. The molecule has 0 saturated carbocycles. The number of rotatable bonds is 7. The molecule has 24 heavy (non-hydrogen) atoms. The average Bonchev–Trinajstić information content (AvgIpc) is 2.54. The van der Waals surface area contributed by atoms with Gasteiger partial charge in [-0.1, -0.05) is 35.9 Å². The number of hydrogen-bond donors (Lipinski definition) is 1. The van der Waals surface area contributed by atoms with Gasteiger partial charge >= 0.3 is 6.61 Å². The van der Waals surface area contributed by atoms with Crippen LogP contribution in [0.4, 0.5) is 8.78 Å². The number of carbonyl (C=O) groups is 1. The molecule has 0 aliphatic heterocycles. The van der Waals surface area contributed by atoms with Crippen LogP contribution in [0.5, 0.6) is 5.75 Å². The Morgan fingerprint density at radius 1 is 1.21 bits per heavy atom. The van der Waals surface area contributed by atoms with E-state index in [2.05, 4.69) is 10.1 Å². The summed E-state index contributed by atoms with van der Waals surface area (Å²) >= 11 is 5.87. The van der Waals surface area contributed by atoms with E-state index in [9.17, 15) is 13.6 Å². The highest BCUT2D eigenvalue weighted by Crippen LogP contribution is 2.15. The monoisotopic (exact) mass is 351 g/mol. The molecule has 0 aliphatic carbocycles. The topological polar surface area (TPSA) is 38.3 Å². The largest absolute Gasteiger partial charge is 0.435 e. The van der Waals surface area contributed by atoms with Crippen molar-refractivity contribution < 1.29 is 18.3 Å². The van der Waals surface area contributed by atoms with Gasteiger partial charge in [0.25, 0.3) is 0 Å². The summed E-state index contributed by atoms with van der Waals surface area (Å²) in [5, 5.41) is 3.36. The summed E-state index contributed by atoms with van der Waals surface area (Å²) in [6.07, 6.45) is 3.70. The Hall–Kier alpha value is -2.40. The highest BCUT2D eigenvalue weighted by Gasteiger charge is 2.03. The van der Waals surface area contributed by atoms with E-state index < -0.39 is 6.61 Å². The molecular formula is C18H16ClF2NO2. The molecule has 0 saturated heterocycles. The van der Waals surface area contributed by atoms with Crippen molar-refractivity contribution in [3.05, 3.63) is 70.8 Å². The van der Waals surface area contributed by atoms with Crippen molar-refractivity contribution in [1.82, 2.24) is 5.32 Å². The quantitative estimate of drug-likeness (QED) is 0.755. The number of hydrogen-bond acceptors (Lipinski definition) is 2. The zero-order valence-electron chi connectivity index (χ0n) is 12.7. The van der Waals surface area contributed by atoms with Crippen LogP contribution in [0.2, 0.25) is 5.02 Å². The molecule has 0 bridgehead atoms. The summed E-state index contributed by atoms with van der Waals surface area (Å²) in [5.74, 6) is -0.102. The molecule has 0 aliphatic rings. The molecule has 1 amide bonds. The van der Waals surface area contributed by atoms with Crippen LogP contribution in [0.25, 0.3) is 6.08 Å². The van der Waals surface area contributed by atoms with Gasteiger partial charge in [-0.2, -0.15) is 8.78 Å². The standard InChI is InChI=1S/C18H16ClF2NO2/c19-15-3-1-2-14(12-15)6-9-17(23)22-11-10-13-4-7-16(8-5-13)24-18(20)21/h1-9,12,18H,10-11H2,(H,22,23)/b9-6+. The van der Waals surface area contributed by atoms with Crippen molar-refractivity contribution in [1.29, 1.82) is 0 Å². The second-order valence-corrected chi connectivity index (χ2v) is 5.39. The molecule has 1 N–H and O–H groups in total. The lowest BCUT2D eigenvalue weighted by atomic mass is 10.1. The first-order chi connectivity index (χ1) is 11.5. The minimum absolute atomic E-state index is 0.113. The summed E-state index contributed by atoms with van der Waals surface area (Å²) in [7, 11) is 0. The van der Waals surface area contributed by atoms with Gasteiger partial charge < -0.3 is 10.1 Å². The fourth-order valence-electron chi connectivity index (χ4n) is 2.01. The highest BCUT2D eigenvalue weighted by atomic mass is 35.5. The van der Waals surface area contributed by atoms with E-state index in [-0.39, 0.29) is 11.7 Å². The van der Waals surface area contributed by atoms with E-state index in [0.717, 1.165) is 11.1 Å². The zero-order chi connectivity index (χ0) is 17.4. The van der Waals surface area contributed by atoms with E-state index in [4.69, 9.17) is 11.6 Å². The van der Waals surface area contributed by atoms with Crippen LogP contribution < -0.4 is 10.1 Å². The summed E-state index contributed by atoms with van der Waals surface area (Å²) in [6, 6.07) is 13.5. The Bertz CT molecular complexity index is 702. The van der Waals surface area contributed by atoms with Crippen LogP contribution in [-0.2, 0) is 11.2 Å². The van der Waals surface area contributed by atoms with E-state index >= 15 is 0 Å². The van der Waals surface area contributed by atoms with Crippen LogP contribution in [-0.4, -0.2) is 19.1 Å². The van der Waals surface area contributed by atoms with Crippen LogP contribution in [0.1, 0.15) is 11.1 Å². The van der Waals surface area contributed by atoms with Gasteiger partial charge in [0, 0.05) is 17.6 Å². The number of nitrogens with one attached hydrogen (secondary N) is 1. The minimum Gasteiger partial charge on any atom is -0.435 e. The summed E-state index contributed by atoms with van der Waals surface area (Å²) in [4.78, 5) is 11.7. The van der Waals surface area contributed by atoms with Gasteiger partial charge in [-0.05, 0) is 47.9 Å². The third-order valence-corrected chi connectivity index (χ3v) is 3.37. The van der Waals surface area contributed by atoms with Gasteiger partial charge in [0.2, 0.25) is 5.91 Å². The summed E-state index contributed by atoms with van der Waals surface area (Å²) in [5.41, 5.74) is 1.75. The number of halogens is 3. The Morgan fingerprint density at radius 2 is 1.96 bits per heavy atom. The molecule has 6 heteroatoms. The maximum Gasteiger partial charge on any atom is 0.387 e. The molecule has 0 spiro atoms. The highest BCUT2D eigenvalue weighted by molar-refractivity contribution is 6.30. The number of ether oxygens (including phenoxy) is 1. The van der Waals surface area contributed by atoms with Gasteiger partial charge in [-0.3, -0.25) is 4.79 Å². The van der Waals surface area contributed by atoms with Gasteiger partial charge in [-0.25, -0.2) is 0 Å². The lowest BCUT2D eigenvalue weighted by molar-refractivity contribution is -0.116. The molecule has 3 nitrogen and oxygen atoms in total. The number of amides is 1. The predicted molar refractivity (Wildman–Crippen MR) is 90.3 cm³/mol. The summed E-state index contributed by atoms with van der Waals surface area (Å²) < 4.78 is 28.4. The maximum atomic E-state index is 12.0. The molecule has 2 aromatic carbocycles. The van der Waals surface area contributed by atoms with E-state index in [1.54, 1.807) is 36.4 Å². The van der Waals surface area contributed by atoms with Crippen molar-refractivity contribution >= 4 is 23.6 Å². The van der Waals surface area contributed by atoms with Crippen molar-refractivity contribution in [2.75, 3.05) is 6.54 Å². The van der Waals surface area contributed by atoms with E-state index in [0.29, 0.717) is 18.0 Å². The first kappa shape index (κ1) is 17.9. The van der Waals surface area contributed by atoms with Crippen molar-refractivity contribution in [2.24, 2.45) is 0 Å². The molecule has 0 aromatic heterocycles. The second kappa shape index (κ2) is 9.03. The van der Waals surface area contributed by atoms with Crippen LogP contribution in [0.3, 0.4) is 0 Å². The van der Waals surface area contributed by atoms with Gasteiger partial charge in [0.1, 0.15) is 5.75 Å². The molecule has 2 aromatic rings. The molecule has 0 heterocycles. The van der Waals surface area contributed by atoms with Crippen LogP contribution in [0, 0.1) is 0 Å². The van der Waals surface area contributed by atoms with E-state index in [1.165, 1.54) is 18.2 Å². The maximum absolute atomic E-state index is 12.0. The molecule has 0 radical (unpaired) electrons. The number of carbonyl (C=O) groups excluding carboxylic acids is 1. The Balaban J connectivity index is 1.76. The number of alkyl halides is 2. The molecule has 0 fully saturated rings. The smallest absolute Gasteiger partial charge is 0.387 e. The predicted octanol–water partition coefficient (Wildman–Crippen LogP) is 4.31. The Morgan fingerprint density at radius 3 is 2.62 bits per heavy atom. The molecular weight excluding hydrogens is 336 g/mol. The fraction of sp³-hybridized carbons (Fsp3) is 0.167. The SMILES string of the molecule is O=C(/C=C/c1cccc(Cl)c1)NCCc1ccc(OC(F)F)cc1. The van der Waals surface area contributed by atoms with Crippen molar-refractivity contribution in [3.8, 4) is 5.75 Å². The zero-order valence-corrected chi connectivity index (χ0v) is 13.5. The third-order valence-electron chi connectivity index (χ3n) is 3.14. The Labute approximate surface area is 143 Å². The van der Waals surface area contributed by atoms with Crippen molar-refractivity contribution in [2.45, 2.75) is 13.0 Å². The van der Waals surface area contributed by atoms with Gasteiger partial charge in [0.05, 0.1) is 0 Å². The lowest BCUT2D eigenvalue weighted by Gasteiger charge is -2.06. The van der Waals surface area contributed by atoms with Crippen LogP contribution in [0.15, 0.2) is 54.6 Å². The number of benzene rings is 2. The fourth-order valence-corrected chi connectivity index (χ4v) is 2.21. The molecule has 0 unspecified atom stereocenters. The lowest BCUT2D eigenvalue weighted by Crippen LogP contribution is -2.23. The van der Waals surface area contributed by atoms with Gasteiger partial charge in [-0.15, -0.1) is 0 Å². The van der Waals surface area contributed by atoms with Crippen LogP contribution >= 0.6 is 11.6 Å². The van der Waals surface area contributed by atoms with Crippen molar-refractivity contribution in [3.63, 3.8) is 0 Å². The normalized spacial score (nSPS) is 11.0. The average molecular weight is 352 g/mol. The second-order valence-electron chi connectivity index (χ2n) is 4.95.